The molecule has 0 rings (SSSR count). The Labute approximate surface area is 449 Å². The molecule has 0 aliphatic heterocycles. The van der Waals surface area contributed by atoms with E-state index in [2.05, 4.69) is 130 Å². The van der Waals surface area contributed by atoms with Crippen molar-refractivity contribution in [1.29, 1.82) is 0 Å². The van der Waals surface area contributed by atoms with Crippen molar-refractivity contribution < 1.29 is 52.2 Å². The molecule has 11 nitrogen and oxygen atoms in total. The molecule has 0 saturated carbocycles. The molecule has 2 N–H and O–H groups in total. The van der Waals surface area contributed by atoms with Gasteiger partial charge in [0.15, 0.2) is 6.10 Å². The SMILES string of the molecule is CC/C=C\C/C=C\C/C=C\C/C=C\C/C=C\CCCC(=O)OC(COC(=O)CCCCCC/C=C\C/C=C\C/C=C\C/C=C\CC)COP(=O)(O)OCC(CO)OC(=O)CCCCCCC/C=C\CCCCCC. The minimum Gasteiger partial charge on any atom is -0.462 e. The van der Waals surface area contributed by atoms with Gasteiger partial charge in [0.2, 0.25) is 0 Å². The largest absolute Gasteiger partial charge is 0.472 e. The molecule has 0 aromatic heterocycles. The Morgan fingerprint density at radius 2 is 0.716 bits per heavy atom. The maximum atomic E-state index is 12.9. The number of hydrogen-bond acceptors (Lipinski definition) is 10. The maximum Gasteiger partial charge on any atom is 0.472 e. The summed E-state index contributed by atoms with van der Waals surface area (Å²) in [7, 11) is -4.78. The number of esters is 3. The van der Waals surface area contributed by atoms with Crippen LogP contribution in [-0.4, -0.2) is 66.5 Å². The summed E-state index contributed by atoms with van der Waals surface area (Å²) in [4.78, 5) is 48.5. The molecule has 0 spiro atoms. The van der Waals surface area contributed by atoms with Gasteiger partial charge in [-0.25, -0.2) is 4.57 Å². The number of ether oxygens (including phenoxy) is 3. The van der Waals surface area contributed by atoms with Gasteiger partial charge >= 0.3 is 25.7 Å². The van der Waals surface area contributed by atoms with E-state index in [0.29, 0.717) is 25.7 Å². The molecule has 12 heteroatoms. The summed E-state index contributed by atoms with van der Waals surface area (Å²) in [5.74, 6) is -1.59. The fraction of sp³-hybridized carbons (Fsp3) is 0.629. The Morgan fingerprint density at radius 3 is 1.15 bits per heavy atom. The van der Waals surface area contributed by atoms with E-state index in [1.54, 1.807) is 0 Å². The van der Waals surface area contributed by atoms with Crippen LogP contribution < -0.4 is 0 Å². The van der Waals surface area contributed by atoms with E-state index >= 15 is 0 Å². The average molecular weight is 1050 g/mol. The number of phosphoric acid groups is 1. The number of carbonyl (C=O) groups excluding carboxylic acids is 3. The summed E-state index contributed by atoms with van der Waals surface area (Å²) in [6.45, 7) is 4.28. The van der Waals surface area contributed by atoms with Crippen LogP contribution in [0.5, 0.6) is 0 Å². The van der Waals surface area contributed by atoms with Crippen LogP contribution in [0.25, 0.3) is 0 Å². The van der Waals surface area contributed by atoms with Crippen molar-refractivity contribution in [3.8, 4) is 0 Å². The Bertz CT molecular complexity index is 1700. The number of aliphatic hydroxyl groups is 1. The van der Waals surface area contributed by atoms with Crippen molar-refractivity contribution in [2.24, 2.45) is 0 Å². The lowest BCUT2D eigenvalue weighted by atomic mass is 10.1. The minimum atomic E-state index is -4.78. The second kappa shape index (κ2) is 55.1. The number of rotatable bonds is 51. The molecule has 0 aliphatic rings. The van der Waals surface area contributed by atoms with E-state index < -0.39 is 57.8 Å². The van der Waals surface area contributed by atoms with E-state index in [1.807, 2.05) is 12.2 Å². The highest BCUT2D eigenvalue weighted by molar-refractivity contribution is 7.47. The van der Waals surface area contributed by atoms with Crippen molar-refractivity contribution in [3.05, 3.63) is 122 Å². The fourth-order valence-electron chi connectivity index (χ4n) is 7.08. The lowest BCUT2D eigenvalue weighted by molar-refractivity contribution is -0.161. The number of phosphoric ester groups is 1. The normalized spacial score (nSPS) is 14.3. The molecule has 0 fully saturated rings. The summed E-state index contributed by atoms with van der Waals surface area (Å²) in [5.41, 5.74) is 0. The van der Waals surface area contributed by atoms with E-state index in [4.69, 9.17) is 23.3 Å². The van der Waals surface area contributed by atoms with E-state index in [9.17, 15) is 28.9 Å². The van der Waals surface area contributed by atoms with Gasteiger partial charge < -0.3 is 24.2 Å². The van der Waals surface area contributed by atoms with Crippen molar-refractivity contribution in [1.82, 2.24) is 0 Å². The summed E-state index contributed by atoms with van der Waals surface area (Å²) in [6.07, 6.45) is 67.4. The second-order valence-electron chi connectivity index (χ2n) is 18.3. The highest BCUT2D eigenvalue weighted by Crippen LogP contribution is 2.43. The van der Waals surface area contributed by atoms with E-state index in [1.165, 1.54) is 25.7 Å². The van der Waals surface area contributed by atoms with Crippen molar-refractivity contribution >= 4 is 25.7 Å². The van der Waals surface area contributed by atoms with Gasteiger partial charge in [0, 0.05) is 19.3 Å². The first kappa shape index (κ1) is 69.9. The van der Waals surface area contributed by atoms with Gasteiger partial charge in [0.1, 0.15) is 12.7 Å². The van der Waals surface area contributed by atoms with Gasteiger partial charge in [-0.3, -0.25) is 23.4 Å². The summed E-state index contributed by atoms with van der Waals surface area (Å²) in [6, 6.07) is 0. The van der Waals surface area contributed by atoms with Crippen LogP contribution >= 0.6 is 7.82 Å². The molecule has 0 bridgehead atoms. The predicted molar refractivity (Wildman–Crippen MR) is 306 cm³/mol. The van der Waals surface area contributed by atoms with E-state index in [-0.39, 0.29) is 25.9 Å². The van der Waals surface area contributed by atoms with Crippen LogP contribution in [0.1, 0.15) is 213 Å². The smallest absolute Gasteiger partial charge is 0.462 e. The summed E-state index contributed by atoms with van der Waals surface area (Å²) in [5, 5.41) is 9.80. The zero-order valence-corrected chi connectivity index (χ0v) is 47.2. The van der Waals surface area contributed by atoms with E-state index in [0.717, 1.165) is 122 Å². The summed E-state index contributed by atoms with van der Waals surface area (Å²) < 4.78 is 39.4. The number of hydrogen-bond donors (Lipinski definition) is 2. The Morgan fingerprint density at radius 1 is 0.392 bits per heavy atom. The van der Waals surface area contributed by atoms with Crippen LogP contribution in [-0.2, 0) is 42.2 Å². The Kier molecular flexibility index (Phi) is 52.1. The molecular formula is C62H101O11P. The first-order chi connectivity index (χ1) is 36.2. The lowest BCUT2D eigenvalue weighted by Crippen LogP contribution is -2.30. The number of unbranched alkanes of at least 4 members (excludes halogenated alkanes) is 14. The molecule has 3 atom stereocenters. The van der Waals surface area contributed by atoms with Crippen LogP contribution in [0.15, 0.2) is 122 Å². The Balaban J connectivity index is 4.89. The van der Waals surface area contributed by atoms with Gasteiger partial charge in [0.25, 0.3) is 0 Å². The third-order valence-corrected chi connectivity index (χ3v) is 12.3. The topological polar surface area (TPSA) is 155 Å². The molecule has 0 saturated heterocycles. The van der Waals surface area contributed by atoms with Crippen LogP contribution in [0.2, 0.25) is 0 Å². The predicted octanol–water partition coefficient (Wildman–Crippen LogP) is 16.8. The average Bonchev–Trinajstić information content (AvgIpc) is 3.39. The minimum absolute atomic E-state index is 0.0768. The monoisotopic (exact) mass is 1050 g/mol. The first-order valence-electron chi connectivity index (χ1n) is 28.4. The molecule has 3 unspecified atom stereocenters. The van der Waals surface area contributed by atoms with Crippen LogP contribution in [0, 0.1) is 0 Å². The van der Waals surface area contributed by atoms with Crippen molar-refractivity contribution in [3.63, 3.8) is 0 Å². The van der Waals surface area contributed by atoms with Crippen LogP contribution in [0.3, 0.4) is 0 Å². The highest BCUT2D eigenvalue weighted by Gasteiger charge is 2.28. The van der Waals surface area contributed by atoms with Gasteiger partial charge in [-0.2, -0.15) is 0 Å². The lowest BCUT2D eigenvalue weighted by Gasteiger charge is -2.21. The number of carbonyl (C=O) groups is 3. The molecule has 0 heterocycles. The molecular weight excluding hydrogens is 952 g/mol. The van der Waals surface area contributed by atoms with Gasteiger partial charge in [-0.15, -0.1) is 0 Å². The van der Waals surface area contributed by atoms with Gasteiger partial charge in [-0.05, 0) is 122 Å². The first-order valence-corrected chi connectivity index (χ1v) is 29.9. The molecule has 0 amide bonds. The van der Waals surface area contributed by atoms with Crippen molar-refractivity contribution in [2.45, 2.75) is 226 Å². The molecule has 74 heavy (non-hydrogen) atoms. The number of aliphatic hydroxyl groups excluding tert-OH is 1. The van der Waals surface area contributed by atoms with Crippen molar-refractivity contribution in [2.75, 3.05) is 26.4 Å². The standard InChI is InChI=1S/C62H101O11P/c1-4-7-10-13-16-19-22-25-27-29-31-34-36-39-42-45-48-51-60(64)69-55-59(73-62(66)53-50-47-44-41-38-35-32-30-28-26-23-20-17-14-11-8-5-2)57-71-74(67,68)70-56-58(54-63)72-61(65)52-49-46-43-40-37-33-24-21-18-15-12-9-6-3/h7-8,10-11,16-17,19-21,24-28,31-32,34-35,41,44,58-59,63H,4-6,9,12-15,18,22-23,29-30,33,36-40,42-43,45-57H2,1-3H3,(H,67,68)/b10-7-,11-8-,19-16-,20-17-,24-21-,27-25-,28-26-,34-31-,35-32-,44-41-. The number of allylic oxidation sites excluding steroid dienone is 20. The zero-order valence-electron chi connectivity index (χ0n) is 46.3. The molecule has 420 valence electrons. The fourth-order valence-corrected chi connectivity index (χ4v) is 7.87. The van der Waals surface area contributed by atoms with Gasteiger partial charge in [-0.1, -0.05) is 194 Å². The second-order valence-corrected chi connectivity index (χ2v) is 19.8. The quantitative estimate of drug-likeness (QED) is 0.0197. The third-order valence-electron chi connectivity index (χ3n) is 11.3. The molecule has 0 aliphatic carbocycles. The molecule has 0 aromatic rings. The Hall–Kier alpha value is -4.12. The zero-order chi connectivity index (χ0) is 54.1. The summed E-state index contributed by atoms with van der Waals surface area (Å²) >= 11 is 0. The third kappa shape index (κ3) is 52.7. The molecule has 0 radical (unpaired) electrons. The van der Waals surface area contributed by atoms with Crippen LogP contribution in [0.4, 0.5) is 0 Å². The highest BCUT2D eigenvalue weighted by atomic mass is 31.2. The maximum absolute atomic E-state index is 12.9. The van der Waals surface area contributed by atoms with Gasteiger partial charge in [0.05, 0.1) is 19.8 Å². The molecule has 0 aromatic carbocycles.